The first-order valence-corrected chi connectivity index (χ1v) is 4.55. The minimum absolute atomic E-state index is 0.000648. The molecule has 1 rings (SSSR count). The van der Waals surface area contributed by atoms with Crippen molar-refractivity contribution >= 4 is 11.7 Å². The summed E-state index contributed by atoms with van der Waals surface area (Å²) in [6, 6.07) is 4.18. The third-order valence-corrected chi connectivity index (χ3v) is 2.20. The molecule has 0 atom stereocenters. The molecule has 7 nitrogen and oxygen atoms in total. The molecule has 0 aliphatic rings. The molecule has 0 aromatic heterocycles. The van der Waals surface area contributed by atoms with E-state index in [1.165, 1.54) is 12.1 Å². The molecule has 17 heavy (non-hydrogen) atoms. The van der Waals surface area contributed by atoms with Crippen LogP contribution in [0.5, 0.6) is 0 Å². The summed E-state index contributed by atoms with van der Waals surface area (Å²) in [6.07, 6.45) is 0. The maximum absolute atomic E-state index is 11.4. The summed E-state index contributed by atoms with van der Waals surface area (Å²) in [5.41, 5.74) is 4.80. The Bertz CT molecular complexity index is 519. The highest BCUT2D eigenvalue weighted by atomic mass is 16.6. The molecule has 2 N–H and O–H groups in total. The van der Waals surface area contributed by atoms with Gasteiger partial charge in [0.25, 0.3) is 5.69 Å². The van der Waals surface area contributed by atoms with Crippen molar-refractivity contribution in [3.63, 3.8) is 0 Å². The Morgan fingerprint density at radius 2 is 2.29 bits per heavy atom. The molecule has 0 unspecified atom stereocenters. The number of methoxy groups -OCH3 is 1. The van der Waals surface area contributed by atoms with Gasteiger partial charge < -0.3 is 10.5 Å². The average Bonchev–Trinajstić information content (AvgIpc) is 2.35. The molecule has 0 saturated carbocycles. The third kappa shape index (κ3) is 2.21. The van der Waals surface area contributed by atoms with Crippen molar-refractivity contribution in [1.29, 1.82) is 5.26 Å². The topological polar surface area (TPSA) is 119 Å². The number of ether oxygens (including phenoxy) is 1. The van der Waals surface area contributed by atoms with E-state index in [-0.39, 0.29) is 23.2 Å². The second-order valence-corrected chi connectivity index (χ2v) is 3.05. The second-order valence-electron chi connectivity index (χ2n) is 3.05. The third-order valence-electron chi connectivity index (χ3n) is 2.20. The summed E-state index contributed by atoms with van der Waals surface area (Å²) >= 11 is 0. The second kappa shape index (κ2) is 5.05. The highest BCUT2D eigenvalue weighted by Gasteiger charge is 2.25. The number of esters is 1. The van der Waals surface area contributed by atoms with Gasteiger partial charge in [-0.2, -0.15) is 5.26 Å². The molecule has 1 aromatic carbocycles. The van der Waals surface area contributed by atoms with Gasteiger partial charge in [0, 0.05) is 6.54 Å². The van der Waals surface area contributed by atoms with E-state index in [9.17, 15) is 14.9 Å². The molecule has 1 aromatic rings. The van der Waals surface area contributed by atoms with Crippen molar-refractivity contribution < 1.29 is 14.5 Å². The van der Waals surface area contributed by atoms with Crippen LogP contribution in [-0.2, 0) is 11.3 Å². The van der Waals surface area contributed by atoms with Gasteiger partial charge in [0.1, 0.15) is 11.6 Å². The molecule has 0 amide bonds. The van der Waals surface area contributed by atoms with E-state index in [1.807, 2.05) is 0 Å². The Balaban J connectivity index is 3.59. The summed E-state index contributed by atoms with van der Waals surface area (Å²) in [4.78, 5) is 21.5. The zero-order valence-corrected chi connectivity index (χ0v) is 8.97. The number of nitriles is 1. The van der Waals surface area contributed by atoms with Crippen LogP contribution in [0.1, 0.15) is 21.5 Å². The van der Waals surface area contributed by atoms with Crippen molar-refractivity contribution in [1.82, 2.24) is 0 Å². The zero-order chi connectivity index (χ0) is 13.0. The molecule has 88 valence electrons. The van der Waals surface area contributed by atoms with Gasteiger partial charge in [0.15, 0.2) is 0 Å². The fraction of sp³-hybridized carbons (Fsp3) is 0.200. The maximum atomic E-state index is 11.4. The monoisotopic (exact) mass is 235 g/mol. The van der Waals surface area contributed by atoms with Gasteiger partial charge in [-0.25, -0.2) is 4.79 Å². The minimum Gasteiger partial charge on any atom is -0.465 e. The van der Waals surface area contributed by atoms with Crippen LogP contribution < -0.4 is 5.73 Å². The Hall–Kier alpha value is -2.46. The van der Waals surface area contributed by atoms with Crippen LogP contribution >= 0.6 is 0 Å². The first-order chi connectivity index (χ1) is 8.06. The van der Waals surface area contributed by atoms with E-state index < -0.39 is 16.6 Å². The SMILES string of the molecule is COC(=O)c1ccc(C#N)c([N+](=O)[O-])c1CN. The van der Waals surface area contributed by atoms with Crippen molar-refractivity contribution in [2.45, 2.75) is 6.54 Å². The molecule has 0 radical (unpaired) electrons. The van der Waals surface area contributed by atoms with Crippen LogP contribution in [0.25, 0.3) is 0 Å². The highest BCUT2D eigenvalue weighted by molar-refractivity contribution is 5.92. The lowest BCUT2D eigenvalue weighted by Gasteiger charge is -2.07. The number of nitro groups is 1. The first kappa shape index (κ1) is 12.6. The molecule has 7 heteroatoms. The number of carbonyl (C=O) groups is 1. The Labute approximate surface area is 96.6 Å². The van der Waals surface area contributed by atoms with Gasteiger partial charge in [-0.1, -0.05) is 0 Å². The van der Waals surface area contributed by atoms with E-state index in [0.717, 1.165) is 7.11 Å². The molecular weight excluding hydrogens is 226 g/mol. The Morgan fingerprint density at radius 3 is 2.71 bits per heavy atom. The average molecular weight is 235 g/mol. The molecule has 0 fully saturated rings. The number of benzene rings is 1. The van der Waals surface area contributed by atoms with Gasteiger partial charge in [0.2, 0.25) is 0 Å². The summed E-state index contributed by atoms with van der Waals surface area (Å²) < 4.78 is 4.49. The molecule has 0 heterocycles. The maximum Gasteiger partial charge on any atom is 0.338 e. The first-order valence-electron chi connectivity index (χ1n) is 4.55. The molecule has 0 aliphatic heterocycles. The largest absolute Gasteiger partial charge is 0.465 e. The summed E-state index contributed by atoms with van der Waals surface area (Å²) in [5.74, 6) is -0.724. The molecule has 0 saturated heterocycles. The van der Waals surface area contributed by atoms with E-state index >= 15 is 0 Å². The van der Waals surface area contributed by atoms with E-state index in [1.54, 1.807) is 6.07 Å². The van der Waals surface area contributed by atoms with Crippen molar-refractivity contribution in [2.75, 3.05) is 7.11 Å². The molecule has 0 aliphatic carbocycles. The van der Waals surface area contributed by atoms with Crippen molar-refractivity contribution in [2.24, 2.45) is 5.73 Å². The van der Waals surface area contributed by atoms with Crippen molar-refractivity contribution in [3.8, 4) is 6.07 Å². The van der Waals surface area contributed by atoms with Crippen molar-refractivity contribution in [3.05, 3.63) is 38.9 Å². The number of nitrogens with zero attached hydrogens (tertiary/aromatic N) is 2. The van der Waals surface area contributed by atoms with Gasteiger partial charge in [-0.05, 0) is 12.1 Å². The van der Waals surface area contributed by atoms with Crippen LogP contribution in [0.15, 0.2) is 12.1 Å². The molecular formula is C10H9N3O4. The van der Waals surface area contributed by atoms with Crippen LogP contribution in [-0.4, -0.2) is 18.0 Å². The number of nitrogens with two attached hydrogens (primary N) is 1. The number of hydrogen-bond donors (Lipinski definition) is 1. The predicted molar refractivity (Wildman–Crippen MR) is 57.0 cm³/mol. The Kier molecular flexibility index (Phi) is 3.74. The number of rotatable bonds is 3. The summed E-state index contributed by atoms with van der Waals surface area (Å²) in [5, 5.41) is 19.6. The van der Waals surface area contributed by atoms with E-state index in [4.69, 9.17) is 11.0 Å². The van der Waals surface area contributed by atoms with Crippen LogP contribution in [0.4, 0.5) is 5.69 Å². The fourth-order valence-electron chi connectivity index (χ4n) is 1.44. The molecule has 0 spiro atoms. The predicted octanol–water partition coefficient (Wildman–Crippen LogP) is 0.712. The van der Waals surface area contributed by atoms with Crippen LogP contribution in [0.3, 0.4) is 0 Å². The lowest BCUT2D eigenvalue weighted by atomic mass is 10.0. The smallest absolute Gasteiger partial charge is 0.338 e. The standard InChI is InChI=1S/C10H9N3O4/c1-17-10(14)7-3-2-6(4-11)9(13(15)16)8(7)5-12/h2-3H,5,12H2,1H3. The number of hydrogen-bond acceptors (Lipinski definition) is 6. The number of carbonyl (C=O) groups excluding carboxylic acids is 1. The lowest BCUT2D eigenvalue weighted by Crippen LogP contribution is -2.12. The van der Waals surface area contributed by atoms with Gasteiger partial charge in [-0.15, -0.1) is 0 Å². The van der Waals surface area contributed by atoms with E-state index in [2.05, 4.69) is 4.74 Å². The Morgan fingerprint density at radius 1 is 1.65 bits per heavy atom. The fourth-order valence-corrected chi connectivity index (χ4v) is 1.44. The summed E-state index contributed by atoms with van der Waals surface area (Å²) in [7, 11) is 1.16. The minimum atomic E-state index is -0.729. The van der Waals surface area contributed by atoms with Gasteiger partial charge >= 0.3 is 5.97 Å². The zero-order valence-electron chi connectivity index (χ0n) is 8.97. The quantitative estimate of drug-likeness (QED) is 0.468. The number of nitro benzene ring substituents is 1. The van der Waals surface area contributed by atoms with Crippen LogP contribution in [0.2, 0.25) is 0 Å². The van der Waals surface area contributed by atoms with E-state index in [0.29, 0.717) is 0 Å². The molecule has 0 bridgehead atoms. The van der Waals surface area contributed by atoms with Crippen LogP contribution in [0, 0.1) is 21.4 Å². The van der Waals surface area contributed by atoms with Gasteiger partial charge in [-0.3, -0.25) is 10.1 Å². The normalized spacial score (nSPS) is 9.47. The lowest BCUT2D eigenvalue weighted by molar-refractivity contribution is -0.385. The highest BCUT2D eigenvalue weighted by Crippen LogP contribution is 2.26. The summed E-state index contributed by atoms with van der Waals surface area (Å²) in [6.45, 7) is -0.226. The van der Waals surface area contributed by atoms with Gasteiger partial charge in [0.05, 0.1) is 23.2 Å².